The second-order valence-corrected chi connectivity index (χ2v) is 5.44. The molecule has 1 aromatic carbocycles. The summed E-state index contributed by atoms with van der Waals surface area (Å²) in [4.78, 5) is 4.58. The van der Waals surface area contributed by atoms with Crippen molar-refractivity contribution in [1.29, 1.82) is 0 Å². The van der Waals surface area contributed by atoms with E-state index in [0.717, 1.165) is 19.6 Å². The maximum Gasteiger partial charge on any atom is 0.169 e. The Hall–Kier alpha value is -1.17. The van der Waals surface area contributed by atoms with E-state index < -0.39 is 0 Å². The molecule has 1 aliphatic rings. The van der Waals surface area contributed by atoms with Crippen LogP contribution in [0.5, 0.6) is 5.75 Å². The minimum Gasteiger partial charge on any atom is -0.494 e. The number of nitrogens with zero attached hydrogens (tertiary/aromatic N) is 2. The number of ether oxygens (including phenoxy) is 1. The van der Waals surface area contributed by atoms with E-state index in [1.807, 2.05) is 19.2 Å². The van der Waals surface area contributed by atoms with Crippen molar-refractivity contribution in [3.8, 4) is 5.75 Å². The van der Waals surface area contributed by atoms with Gasteiger partial charge in [0.2, 0.25) is 0 Å². The first kappa shape index (κ1) is 15.2. The highest BCUT2D eigenvalue weighted by atomic mass is 19.1. The highest BCUT2D eigenvalue weighted by Crippen LogP contribution is 2.29. The highest BCUT2D eigenvalue weighted by Gasteiger charge is 2.32. The number of nitrogens with one attached hydrogen (secondary N) is 1. The predicted octanol–water partition coefficient (Wildman–Crippen LogP) is 1.34. The molecule has 1 aliphatic heterocycles. The Kier molecular flexibility index (Phi) is 4.96. The Morgan fingerprint density at radius 1 is 1.35 bits per heavy atom. The summed E-state index contributed by atoms with van der Waals surface area (Å²) in [7, 11) is 7.58. The molecular weight excluding hydrogens is 257 g/mol. The Morgan fingerprint density at radius 2 is 2.10 bits per heavy atom. The van der Waals surface area contributed by atoms with Crippen LogP contribution in [0.4, 0.5) is 4.39 Å². The van der Waals surface area contributed by atoms with Crippen LogP contribution in [-0.4, -0.2) is 63.7 Å². The average Bonchev–Trinajstić information content (AvgIpc) is 2.45. The molecule has 0 radical (unpaired) electrons. The molecule has 4 nitrogen and oxygen atoms in total. The van der Waals surface area contributed by atoms with Crippen LogP contribution in [0, 0.1) is 5.82 Å². The first-order valence-electron chi connectivity index (χ1n) is 6.97. The summed E-state index contributed by atoms with van der Waals surface area (Å²) in [5.41, 5.74) is 0.666. The number of hydrogen-bond acceptors (Lipinski definition) is 4. The molecule has 1 N–H and O–H groups in total. The second kappa shape index (κ2) is 6.52. The smallest absolute Gasteiger partial charge is 0.169 e. The van der Waals surface area contributed by atoms with Crippen molar-refractivity contribution in [3.63, 3.8) is 0 Å². The Bertz CT molecular complexity index is 455. The molecule has 112 valence electrons. The van der Waals surface area contributed by atoms with E-state index in [9.17, 15) is 4.39 Å². The standard InChI is InChI=1S/C15H24FN3O/c1-17-15(12-10-18(2)8-9-19(12)3)11-6-5-7-13(20-4)14(11)16/h5-7,12,15,17H,8-10H2,1-4H3. The molecule has 0 aromatic heterocycles. The predicted molar refractivity (Wildman–Crippen MR) is 78.7 cm³/mol. The third-order valence-electron chi connectivity index (χ3n) is 4.14. The van der Waals surface area contributed by atoms with Crippen molar-refractivity contribution in [3.05, 3.63) is 29.6 Å². The summed E-state index contributed by atoms with van der Waals surface area (Å²) in [5, 5.41) is 3.27. The van der Waals surface area contributed by atoms with Crippen LogP contribution < -0.4 is 10.1 Å². The van der Waals surface area contributed by atoms with Gasteiger partial charge in [-0.3, -0.25) is 4.90 Å². The second-order valence-electron chi connectivity index (χ2n) is 5.44. The van der Waals surface area contributed by atoms with Gasteiger partial charge in [0.05, 0.1) is 13.2 Å². The summed E-state index contributed by atoms with van der Waals surface area (Å²) in [6.07, 6.45) is 0. The fourth-order valence-corrected chi connectivity index (χ4v) is 2.88. The fraction of sp³-hybridized carbons (Fsp3) is 0.600. The van der Waals surface area contributed by atoms with Crippen LogP contribution in [0.3, 0.4) is 0 Å². The molecule has 1 aromatic rings. The zero-order chi connectivity index (χ0) is 14.7. The van der Waals surface area contributed by atoms with Gasteiger partial charge in [0.1, 0.15) is 0 Å². The van der Waals surface area contributed by atoms with Crippen molar-refractivity contribution in [1.82, 2.24) is 15.1 Å². The Balaban J connectivity index is 2.32. The fourth-order valence-electron chi connectivity index (χ4n) is 2.88. The molecule has 1 heterocycles. The molecule has 2 unspecified atom stereocenters. The van der Waals surface area contributed by atoms with Gasteiger partial charge in [0, 0.05) is 31.2 Å². The number of rotatable bonds is 4. The SMILES string of the molecule is CNC(c1cccc(OC)c1F)C1CN(C)CCN1C. The Morgan fingerprint density at radius 3 is 2.75 bits per heavy atom. The van der Waals surface area contributed by atoms with Gasteiger partial charge in [-0.25, -0.2) is 4.39 Å². The summed E-state index contributed by atoms with van der Waals surface area (Å²) < 4.78 is 19.6. The summed E-state index contributed by atoms with van der Waals surface area (Å²) >= 11 is 0. The maximum atomic E-state index is 14.5. The molecule has 0 saturated carbocycles. The maximum absolute atomic E-state index is 14.5. The Labute approximate surface area is 120 Å². The van der Waals surface area contributed by atoms with Crippen LogP contribution in [0.25, 0.3) is 0 Å². The number of halogens is 1. The lowest BCUT2D eigenvalue weighted by molar-refractivity contribution is 0.0886. The molecule has 1 saturated heterocycles. The van der Waals surface area contributed by atoms with Crippen LogP contribution >= 0.6 is 0 Å². The van der Waals surface area contributed by atoms with Gasteiger partial charge in [-0.1, -0.05) is 12.1 Å². The van der Waals surface area contributed by atoms with Gasteiger partial charge in [-0.05, 0) is 27.2 Å². The van der Waals surface area contributed by atoms with Crippen LogP contribution in [-0.2, 0) is 0 Å². The lowest BCUT2D eigenvalue weighted by atomic mass is 9.95. The molecule has 0 spiro atoms. The van der Waals surface area contributed by atoms with Crippen LogP contribution in [0.2, 0.25) is 0 Å². The molecule has 5 heteroatoms. The minimum atomic E-state index is -0.268. The largest absolute Gasteiger partial charge is 0.494 e. The molecule has 0 bridgehead atoms. The third-order valence-corrected chi connectivity index (χ3v) is 4.14. The number of benzene rings is 1. The van der Waals surface area contributed by atoms with Crippen molar-refractivity contribution >= 4 is 0 Å². The molecule has 0 amide bonds. The zero-order valence-corrected chi connectivity index (χ0v) is 12.7. The van der Waals surface area contributed by atoms with E-state index in [2.05, 4.69) is 29.2 Å². The first-order chi connectivity index (χ1) is 9.58. The van der Waals surface area contributed by atoms with Crippen LogP contribution in [0.1, 0.15) is 11.6 Å². The number of hydrogen-bond donors (Lipinski definition) is 1. The van der Waals surface area contributed by atoms with E-state index in [0.29, 0.717) is 11.3 Å². The molecule has 1 fully saturated rings. The number of piperazine rings is 1. The lowest BCUT2D eigenvalue weighted by Crippen LogP contribution is -2.54. The molecule has 0 aliphatic carbocycles. The number of likely N-dealkylation sites (N-methyl/N-ethyl adjacent to an activating group) is 3. The molecular formula is C15H24FN3O. The minimum absolute atomic E-state index is 0.0575. The van der Waals surface area contributed by atoms with Gasteiger partial charge in [0.25, 0.3) is 0 Å². The summed E-state index contributed by atoms with van der Waals surface area (Å²) in [6, 6.07) is 5.51. The van der Waals surface area contributed by atoms with Gasteiger partial charge in [-0.2, -0.15) is 0 Å². The van der Waals surface area contributed by atoms with E-state index in [1.54, 1.807) is 6.07 Å². The van der Waals surface area contributed by atoms with Crippen molar-refractivity contribution in [2.45, 2.75) is 12.1 Å². The van der Waals surface area contributed by atoms with E-state index in [4.69, 9.17) is 4.74 Å². The zero-order valence-electron chi connectivity index (χ0n) is 12.7. The van der Waals surface area contributed by atoms with E-state index in [1.165, 1.54) is 7.11 Å². The van der Waals surface area contributed by atoms with Crippen LogP contribution in [0.15, 0.2) is 18.2 Å². The van der Waals surface area contributed by atoms with Gasteiger partial charge in [0.15, 0.2) is 11.6 Å². The molecule has 2 atom stereocenters. The van der Waals surface area contributed by atoms with Gasteiger partial charge in [-0.15, -0.1) is 0 Å². The number of methoxy groups -OCH3 is 1. The summed E-state index contributed by atoms with van der Waals surface area (Å²) in [5.74, 6) is 0.0329. The summed E-state index contributed by atoms with van der Waals surface area (Å²) in [6.45, 7) is 2.95. The highest BCUT2D eigenvalue weighted by molar-refractivity contribution is 5.34. The average molecular weight is 281 g/mol. The lowest BCUT2D eigenvalue weighted by Gasteiger charge is -2.42. The van der Waals surface area contributed by atoms with Crippen molar-refractivity contribution < 1.29 is 9.13 Å². The van der Waals surface area contributed by atoms with E-state index in [-0.39, 0.29) is 17.9 Å². The quantitative estimate of drug-likeness (QED) is 0.901. The topological polar surface area (TPSA) is 27.7 Å². The van der Waals surface area contributed by atoms with Gasteiger partial charge < -0.3 is 15.0 Å². The normalized spacial score (nSPS) is 22.8. The molecule has 20 heavy (non-hydrogen) atoms. The third kappa shape index (κ3) is 2.95. The monoisotopic (exact) mass is 281 g/mol. The van der Waals surface area contributed by atoms with E-state index >= 15 is 0 Å². The van der Waals surface area contributed by atoms with Crippen molar-refractivity contribution in [2.24, 2.45) is 0 Å². The van der Waals surface area contributed by atoms with Gasteiger partial charge >= 0.3 is 0 Å². The molecule has 2 rings (SSSR count). The van der Waals surface area contributed by atoms with Crippen molar-refractivity contribution in [2.75, 3.05) is 47.9 Å². The first-order valence-corrected chi connectivity index (χ1v) is 6.97.